The summed E-state index contributed by atoms with van der Waals surface area (Å²) >= 11 is 0. The Balaban J connectivity index is 0.000000176. The first kappa shape index (κ1) is 25.3. The monoisotopic (exact) mass is 491 g/mol. The van der Waals surface area contributed by atoms with E-state index in [-0.39, 0.29) is 5.91 Å². The highest BCUT2D eigenvalue weighted by Crippen LogP contribution is 2.21. The van der Waals surface area contributed by atoms with E-state index in [9.17, 15) is 4.79 Å². The lowest BCUT2D eigenvalue weighted by molar-refractivity contribution is 0.0951. The van der Waals surface area contributed by atoms with Gasteiger partial charge in [0.2, 0.25) is 0 Å². The van der Waals surface area contributed by atoms with Crippen molar-refractivity contribution in [2.24, 2.45) is 0 Å². The van der Waals surface area contributed by atoms with Crippen molar-refractivity contribution in [1.82, 2.24) is 25.5 Å². The zero-order valence-corrected chi connectivity index (χ0v) is 20.9. The fourth-order valence-electron chi connectivity index (χ4n) is 3.78. The van der Waals surface area contributed by atoms with Gasteiger partial charge in [-0.05, 0) is 46.7 Å². The van der Waals surface area contributed by atoms with Gasteiger partial charge in [0.15, 0.2) is 5.82 Å². The number of carbonyl (C=O) groups is 1. The van der Waals surface area contributed by atoms with Gasteiger partial charge in [0.25, 0.3) is 5.91 Å². The average molecular weight is 492 g/mol. The third kappa shape index (κ3) is 6.89. The smallest absolute Gasteiger partial charge is 0.251 e. The lowest BCUT2D eigenvalue weighted by Crippen LogP contribution is -2.23. The molecular formula is C30H29N5O2. The molecule has 0 aliphatic heterocycles. The number of tetrazole rings is 1. The van der Waals surface area contributed by atoms with Crippen molar-refractivity contribution in [3.8, 4) is 17.1 Å². The van der Waals surface area contributed by atoms with Crippen LogP contribution in [-0.4, -0.2) is 33.2 Å². The molecule has 1 aromatic heterocycles. The minimum atomic E-state index is -0.0335. The second-order valence-corrected chi connectivity index (χ2v) is 8.31. The highest BCUT2D eigenvalue weighted by atomic mass is 16.5. The Labute approximate surface area is 216 Å². The summed E-state index contributed by atoms with van der Waals surface area (Å²) in [5, 5.41) is 14.9. The van der Waals surface area contributed by atoms with E-state index < -0.39 is 0 Å². The average Bonchev–Trinajstić information content (AvgIpc) is 3.42. The first-order chi connectivity index (χ1) is 18.2. The van der Waals surface area contributed by atoms with E-state index in [0.29, 0.717) is 18.7 Å². The van der Waals surface area contributed by atoms with Gasteiger partial charge < -0.3 is 10.1 Å². The molecule has 0 aliphatic carbocycles. The number of para-hydroxylation sites is 1. The van der Waals surface area contributed by atoms with Crippen molar-refractivity contribution in [3.05, 3.63) is 131 Å². The van der Waals surface area contributed by atoms with Crippen LogP contribution in [0.1, 0.15) is 27.0 Å². The zero-order valence-electron chi connectivity index (χ0n) is 20.9. The molecule has 0 spiro atoms. The van der Waals surface area contributed by atoms with Crippen LogP contribution in [0, 0.1) is 6.92 Å². The van der Waals surface area contributed by atoms with Crippen LogP contribution in [0.4, 0.5) is 0 Å². The molecule has 5 aromatic rings. The fraction of sp³-hybridized carbons (Fsp3) is 0.133. The third-order valence-corrected chi connectivity index (χ3v) is 5.81. The molecule has 1 amide bonds. The number of nitrogens with zero attached hydrogens (tertiary/aromatic N) is 4. The number of aryl methyl sites for hydroxylation is 1. The third-order valence-electron chi connectivity index (χ3n) is 5.81. The van der Waals surface area contributed by atoms with Crippen molar-refractivity contribution in [3.63, 3.8) is 0 Å². The summed E-state index contributed by atoms with van der Waals surface area (Å²) in [6.45, 7) is 3.19. The fourth-order valence-corrected chi connectivity index (χ4v) is 3.78. The summed E-state index contributed by atoms with van der Waals surface area (Å²) in [5.74, 6) is 1.55. The number of rotatable bonds is 7. The van der Waals surface area contributed by atoms with E-state index in [0.717, 1.165) is 28.3 Å². The first-order valence-corrected chi connectivity index (χ1v) is 12.0. The summed E-state index contributed by atoms with van der Waals surface area (Å²) in [6.07, 6.45) is 0. The molecule has 7 heteroatoms. The predicted molar refractivity (Wildman–Crippen MR) is 144 cm³/mol. The Hall–Kier alpha value is -4.78. The molecule has 186 valence electrons. The lowest BCUT2D eigenvalue weighted by Gasteiger charge is -2.09. The number of carbonyl (C=O) groups excluding carboxylic acids is 1. The number of methoxy groups -OCH3 is 1. The summed E-state index contributed by atoms with van der Waals surface area (Å²) < 4.78 is 7.13. The van der Waals surface area contributed by atoms with Gasteiger partial charge in [-0.1, -0.05) is 91.0 Å². The van der Waals surface area contributed by atoms with E-state index in [1.54, 1.807) is 11.8 Å². The number of benzene rings is 4. The van der Waals surface area contributed by atoms with Crippen molar-refractivity contribution < 1.29 is 9.53 Å². The van der Waals surface area contributed by atoms with Crippen LogP contribution in [0.15, 0.2) is 109 Å². The summed E-state index contributed by atoms with van der Waals surface area (Å²) in [5.41, 5.74) is 5.07. The van der Waals surface area contributed by atoms with Crippen molar-refractivity contribution in [1.29, 1.82) is 0 Å². The molecule has 4 aromatic carbocycles. The first-order valence-electron chi connectivity index (χ1n) is 12.0. The minimum absolute atomic E-state index is 0.0335. The molecule has 0 saturated heterocycles. The lowest BCUT2D eigenvalue weighted by atomic mass is 10.1. The molecule has 0 unspecified atom stereocenters. The van der Waals surface area contributed by atoms with Gasteiger partial charge in [-0.3, -0.25) is 4.79 Å². The van der Waals surface area contributed by atoms with E-state index >= 15 is 0 Å². The van der Waals surface area contributed by atoms with Gasteiger partial charge in [0.1, 0.15) is 5.75 Å². The molecule has 0 saturated carbocycles. The summed E-state index contributed by atoms with van der Waals surface area (Å²) in [4.78, 5) is 11.8. The van der Waals surface area contributed by atoms with Crippen LogP contribution < -0.4 is 10.1 Å². The molecule has 1 heterocycles. The van der Waals surface area contributed by atoms with Crippen LogP contribution in [-0.2, 0) is 13.1 Å². The van der Waals surface area contributed by atoms with Crippen LogP contribution in [0.2, 0.25) is 0 Å². The molecule has 5 rings (SSSR count). The maximum absolute atomic E-state index is 11.8. The SMILES string of the molecule is COc1ccccc1Cn1nnnc1-c1ccccc1.Cc1ccccc1CNC(=O)c1ccccc1. The van der Waals surface area contributed by atoms with Gasteiger partial charge in [0, 0.05) is 23.2 Å². The van der Waals surface area contributed by atoms with Crippen molar-refractivity contribution in [2.75, 3.05) is 7.11 Å². The molecular weight excluding hydrogens is 462 g/mol. The zero-order chi connectivity index (χ0) is 25.9. The quantitative estimate of drug-likeness (QED) is 0.333. The Bertz CT molecular complexity index is 1420. The molecule has 0 fully saturated rings. The number of hydrogen-bond acceptors (Lipinski definition) is 5. The van der Waals surface area contributed by atoms with Gasteiger partial charge >= 0.3 is 0 Å². The number of hydrogen-bond donors (Lipinski definition) is 1. The van der Waals surface area contributed by atoms with E-state index in [4.69, 9.17) is 4.74 Å². The Morgan fingerprint density at radius 3 is 2.14 bits per heavy atom. The highest BCUT2D eigenvalue weighted by Gasteiger charge is 2.11. The standard InChI is InChI=1S/C15H14N4O.C15H15NO/c1-20-14-10-6-5-9-13(14)11-19-15(16-17-18-19)12-7-3-2-4-8-12;1-12-7-5-6-10-14(12)11-16-15(17)13-8-3-2-4-9-13/h2-10H,11H2,1H3;2-10H,11H2,1H3,(H,16,17). The molecule has 0 aliphatic rings. The van der Waals surface area contributed by atoms with Crippen molar-refractivity contribution >= 4 is 5.91 Å². The summed E-state index contributed by atoms with van der Waals surface area (Å²) in [7, 11) is 1.66. The van der Waals surface area contributed by atoms with Gasteiger partial charge in [-0.25, -0.2) is 4.68 Å². The van der Waals surface area contributed by atoms with Crippen molar-refractivity contribution in [2.45, 2.75) is 20.0 Å². The Morgan fingerprint density at radius 2 is 1.43 bits per heavy atom. The van der Waals surface area contributed by atoms with Gasteiger partial charge in [-0.15, -0.1) is 5.10 Å². The highest BCUT2D eigenvalue weighted by molar-refractivity contribution is 5.94. The normalized spacial score (nSPS) is 10.2. The summed E-state index contributed by atoms with van der Waals surface area (Å²) in [6, 6.07) is 35.1. The Morgan fingerprint density at radius 1 is 0.811 bits per heavy atom. The maximum atomic E-state index is 11.8. The maximum Gasteiger partial charge on any atom is 0.251 e. The number of nitrogens with one attached hydrogen (secondary N) is 1. The number of ether oxygens (including phenoxy) is 1. The second-order valence-electron chi connectivity index (χ2n) is 8.31. The molecule has 1 N–H and O–H groups in total. The van der Waals surface area contributed by atoms with Crippen LogP contribution in [0.5, 0.6) is 5.75 Å². The van der Waals surface area contributed by atoms with Crippen LogP contribution in [0.3, 0.4) is 0 Å². The second kappa shape index (κ2) is 12.8. The molecule has 0 radical (unpaired) electrons. The molecule has 37 heavy (non-hydrogen) atoms. The topological polar surface area (TPSA) is 81.9 Å². The van der Waals surface area contributed by atoms with Crippen LogP contribution in [0.25, 0.3) is 11.4 Å². The van der Waals surface area contributed by atoms with E-state index in [1.807, 2.05) is 116 Å². The molecule has 7 nitrogen and oxygen atoms in total. The molecule has 0 atom stereocenters. The number of amides is 1. The Kier molecular flexibility index (Phi) is 8.75. The minimum Gasteiger partial charge on any atom is -0.496 e. The van der Waals surface area contributed by atoms with Crippen LogP contribution >= 0.6 is 0 Å². The van der Waals surface area contributed by atoms with Gasteiger partial charge in [0.05, 0.1) is 13.7 Å². The predicted octanol–water partition coefficient (Wildman–Crippen LogP) is 5.32. The molecule has 0 bridgehead atoms. The largest absolute Gasteiger partial charge is 0.496 e. The number of aromatic nitrogens is 4. The van der Waals surface area contributed by atoms with Gasteiger partial charge in [-0.2, -0.15) is 0 Å². The van der Waals surface area contributed by atoms with E-state index in [1.165, 1.54) is 5.56 Å². The van der Waals surface area contributed by atoms with E-state index in [2.05, 4.69) is 20.8 Å².